The van der Waals surface area contributed by atoms with E-state index in [9.17, 15) is 9.18 Å². The van der Waals surface area contributed by atoms with Crippen LogP contribution in [0.1, 0.15) is 38.2 Å². The van der Waals surface area contributed by atoms with E-state index in [1.165, 1.54) is 18.6 Å². The van der Waals surface area contributed by atoms with Gasteiger partial charge in [0, 0.05) is 11.6 Å². The van der Waals surface area contributed by atoms with Crippen LogP contribution in [0.2, 0.25) is 0 Å². The molecule has 0 spiro atoms. The third-order valence-corrected chi connectivity index (χ3v) is 3.58. The van der Waals surface area contributed by atoms with Gasteiger partial charge in [0.1, 0.15) is 0 Å². The van der Waals surface area contributed by atoms with Crippen molar-refractivity contribution in [3.8, 4) is 5.75 Å². The molecular weight excluding hydrogens is 259 g/mol. The van der Waals surface area contributed by atoms with E-state index in [2.05, 4.69) is 6.92 Å². The molecule has 1 saturated carbocycles. The molecule has 2 atom stereocenters. The summed E-state index contributed by atoms with van der Waals surface area (Å²) in [7, 11) is 0. The highest BCUT2D eigenvalue weighted by Gasteiger charge is 2.22. The second-order valence-corrected chi connectivity index (χ2v) is 5.34. The topological polar surface area (TPSA) is 46.5 Å². The number of para-hydroxylation sites is 1. The fourth-order valence-corrected chi connectivity index (χ4v) is 2.59. The molecular formula is C16H19FO3. The maximum atomic E-state index is 13.9. The van der Waals surface area contributed by atoms with Crippen LogP contribution in [0, 0.1) is 11.7 Å². The van der Waals surface area contributed by atoms with E-state index in [-0.39, 0.29) is 11.9 Å². The molecule has 0 heterocycles. The molecule has 0 radical (unpaired) electrons. The lowest BCUT2D eigenvalue weighted by Crippen LogP contribution is -2.24. The molecule has 2 unspecified atom stereocenters. The monoisotopic (exact) mass is 278 g/mol. The molecule has 2 rings (SSSR count). The van der Waals surface area contributed by atoms with Gasteiger partial charge in [0.25, 0.3) is 0 Å². The van der Waals surface area contributed by atoms with Gasteiger partial charge in [-0.05, 0) is 37.3 Å². The van der Waals surface area contributed by atoms with Crippen molar-refractivity contribution in [3.05, 3.63) is 35.7 Å². The SMILES string of the molecule is CC1CCCC(Oc2c(F)cccc2/C=C/C(=O)O)C1. The number of hydrogen-bond acceptors (Lipinski definition) is 2. The Morgan fingerprint density at radius 1 is 1.45 bits per heavy atom. The van der Waals surface area contributed by atoms with Gasteiger partial charge in [-0.2, -0.15) is 0 Å². The summed E-state index contributed by atoms with van der Waals surface area (Å²) in [5, 5.41) is 8.67. The third kappa shape index (κ3) is 3.83. The minimum atomic E-state index is -1.06. The fourth-order valence-electron chi connectivity index (χ4n) is 2.59. The first-order chi connectivity index (χ1) is 9.56. The Labute approximate surface area is 118 Å². The first-order valence-corrected chi connectivity index (χ1v) is 6.92. The standard InChI is InChI=1S/C16H19FO3/c1-11-4-2-6-13(10-11)20-16-12(8-9-15(18)19)5-3-7-14(16)17/h3,5,7-9,11,13H,2,4,6,10H2,1H3,(H,18,19)/b9-8+. The number of carboxylic acid groups (broad SMARTS) is 1. The number of rotatable bonds is 4. The van der Waals surface area contributed by atoms with Crippen molar-refractivity contribution in [2.45, 2.75) is 38.7 Å². The first-order valence-electron chi connectivity index (χ1n) is 6.92. The van der Waals surface area contributed by atoms with Gasteiger partial charge in [-0.1, -0.05) is 25.5 Å². The minimum Gasteiger partial charge on any atom is -0.487 e. The molecule has 1 aliphatic rings. The van der Waals surface area contributed by atoms with Crippen LogP contribution in [0.3, 0.4) is 0 Å². The van der Waals surface area contributed by atoms with Crippen LogP contribution in [-0.4, -0.2) is 17.2 Å². The van der Waals surface area contributed by atoms with E-state index < -0.39 is 11.8 Å². The molecule has 108 valence electrons. The second-order valence-electron chi connectivity index (χ2n) is 5.34. The zero-order valence-electron chi connectivity index (χ0n) is 11.5. The van der Waals surface area contributed by atoms with E-state index in [4.69, 9.17) is 9.84 Å². The molecule has 3 nitrogen and oxygen atoms in total. The van der Waals surface area contributed by atoms with E-state index >= 15 is 0 Å². The highest BCUT2D eigenvalue weighted by Crippen LogP contribution is 2.31. The number of carboxylic acids is 1. The number of halogens is 1. The molecule has 20 heavy (non-hydrogen) atoms. The molecule has 0 aliphatic heterocycles. The van der Waals surface area contributed by atoms with Crippen LogP contribution in [-0.2, 0) is 4.79 Å². The lowest BCUT2D eigenvalue weighted by molar-refractivity contribution is -0.131. The van der Waals surface area contributed by atoms with Gasteiger partial charge in [0.05, 0.1) is 6.10 Å². The average Bonchev–Trinajstić information content (AvgIpc) is 2.39. The lowest BCUT2D eigenvalue weighted by atomic mass is 9.88. The number of ether oxygens (including phenoxy) is 1. The van der Waals surface area contributed by atoms with Gasteiger partial charge in [-0.3, -0.25) is 0 Å². The Morgan fingerprint density at radius 2 is 2.25 bits per heavy atom. The van der Waals surface area contributed by atoms with Crippen LogP contribution in [0.4, 0.5) is 4.39 Å². The molecule has 0 amide bonds. The number of hydrogen-bond donors (Lipinski definition) is 1. The smallest absolute Gasteiger partial charge is 0.328 e. The first kappa shape index (κ1) is 14.6. The van der Waals surface area contributed by atoms with Crippen LogP contribution >= 0.6 is 0 Å². The summed E-state index contributed by atoms with van der Waals surface area (Å²) in [6.45, 7) is 2.17. The molecule has 1 fully saturated rings. The quantitative estimate of drug-likeness (QED) is 0.850. The maximum absolute atomic E-state index is 13.9. The predicted octanol–water partition coefficient (Wildman–Crippen LogP) is 3.88. The predicted molar refractivity (Wildman–Crippen MR) is 75.1 cm³/mol. The summed E-state index contributed by atoms with van der Waals surface area (Å²) in [5.41, 5.74) is 0.464. The Balaban J connectivity index is 2.19. The van der Waals surface area contributed by atoms with Crippen LogP contribution in [0.5, 0.6) is 5.75 Å². The largest absolute Gasteiger partial charge is 0.487 e. The van der Waals surface area contributed by atoms with Gasteiger partial charge in [-0.15, -0.1) is 0 Å². The zero-order chi connectivity index (χ0) is 14.5. The van der Waals surface area contributed by atoms with Crippen molar-refractivity contribution in [1.29, 1.82) is 0 Å². The molecule has 4 heteroatoms. The van der Waals surface area contributed by atoms with E-state index in [1.807, 2.05) is 0 Å². The van der Waals surface area contributed by atoms with Crippen LogP contribution in [0.15, 0.2) is 24.3 Å². The lowest BCUT2D eigenvalue weighted by Gasteiger charge is -2.28. The van der Waals surface area contributed by atoms with Gasteiger partial charge >= 0.3 is 5.97 Å². The fraction of sp³-hybridized carbons (Fsp3) is 0.438. The van der Waals surface area contributed by atoms with Crippen LogP contribution in [0.25, 0.3) is 6.08 Å². The van der Waals surface area contributed by atoms with E-state index in [1.54, 1.807) is 12.1 Å². The van der Waals surface area contributed by atoms with E-state index in [0.29, 0.717) is 11.5 Å². The summed E-state index contributed by atoms with van der Waals surface area (Å²) in [5.74, 6) is -0.773. The maximum Gasteiger partial charge on any atom is 0.328 e. The Hall–Kier alpha value is -1.84. The van der Waals surface area contributed by atoms with Gasteiger partial charge in [-0.25, -0.2) is 9.18 Å². The summed E-state index contributed by atoms with van der Waals surface area (Å²) in [6.07, 6.45) is 6.46. The number of aliphatic carboxylic acids is 1. The summed E-state index contributed by atoms with van der Waals surface area (Å²) < 4.78 is 19.7. The van der Waals surface area contributed by atoms with Crippen molar-refractivity contribution in [2.75, 3.05) is 0 Å². The summed E-state index contributed by atoms with van der Waals surface area (Å²) in [4.78, 5) is 10.6. The normalized spacial score (nSPS) is 22.9. The third-order valence-electron chi connectivity index (χ3n) is 3.58. The zero-order valence-corrected chi connectivity index (χ0v) is 11.5. The van der Waals surface area contributed by atoms with Crippen molar-refractivity contribution >= 4 is 12.0 Å². The van der Waals surface area contributed by atoms with Crippen molar-refractivity contribution in [1.82, 2.24) is 0 Å². The number of benzene rings is 1. The van der Waals surface area contributed by atoms with Gasteiger partial charge in [0.2, 0.25) is 0 Å². The van der Waals surface area contributed by atoms with Crippen LogP contribution < -0.4 is 4.74 Å². The van der Waals surface area contributed by atoms with E-state index in [0.717, 1.165) is 25.3 Å². The Bertz CT molecular complexity index is 510. The molecule has 0 bridgehead atoms. The van der Waals surface area contributed by atoms with Gasteiger partial charge < -0.3 is 9.84 Å². The Kier molecular flexibility index (Phi) is 4.77. The molecule has 1 aromatic rings. The molecule has 1 aliphatic carbocycles. The molecule has 0 saturated heterocycles. The minimum absolute atomic E-state index is 0.00706. The average molecular weight is 278 g/mol. The highest BCUT2D eigenvalue weighted by molar-refractivity contribution is 5.85. The van der Waals surface area contributed by atoms with Crippen molar-refractivity contribution in [2.24, 2.45) is 5.92 Å². The Morgan fingerprint density at radius 3 is 2.95 bits per heavy atom. The van der Waals surface area contributed by atoms with Gasteiger partial charge in [0.15, 0.2) is 11.6 Å². The summed E-state index contributed by atoms with van der Waals surface area (Å²) in [6, 6.07) is 4.54. The summed E-state index contributed by atoms with van der Waals surface area (Å²) >= 11 is 0. The second kappa shape index (κ2) is 6.55. The highest BCUT2D eigenvalue weighted by atomic mass is 19.1. The molecule has 0 aromatic heterocycles. The number of carbonyl (C=O) groups is 1. The van der Waals surface area contributed by atoms with Crippen molar-refractivity contribution < 1.29 is 19.0 Å². The molecule has 1 N–H and O–H groups in total. The molecule has 1 aromatic carbocycles. The van der Waals surface area contributed by atoms with Crippen molar-refractivity contribution in [3.63, 3.8) is 0 Å².